The molecule has 0 atom stereocenters. The molecule has 0 aliphatic heterocycles. The molecule has 2 aromatic rings. The van der Waals surface area contributed by atoms with Crippen LogP contribution in [0, 0.1) is 6.92 Å². The zero-order chi connectivity index (χ0) is 9.26. The molecule has 0 aliphatic rings. The molecule has 1 aromatic carbocycles. The first-order chi connectivity index (χ1) is 6.31. The maximum absolute atomic E-state index is 10.5. The Labute approximate surface area is 76.6 Å². The molecule has 0 saturated carbocycles. The number of aryl methyl sites for hydroxylation is 1. The van der Waals surface area contributed by atoms with E-state index in [2.05, 4.69) is 11.1 Å². The van der Waals surface area contributed by atoms with Crippen LogP contribution in [0.5, 0.6) is 0 Å². The number of rotatable bonds is 2. The van der Waals surface area contributed by atoms with Crippen LogP contribution in [0.25, 0.3) is 11.0 Å². The van der Waals surface area contributed by atoms with E-state index >= 15 is 0 Å². The van der Waals surface area contributed by atoms with Gasteiger partial charge in [0.1, 0.15) is 6.61 Å². The molecule has 2 rings (SSSR count). The fourth-order valence-electron chi connectivity index (χ4n) is 1.44. The van der Waals surface area contributed by atoms with Gasteiger partial charge >= 0.3 is 0 Å². The van der Waals surface area contributed by atoms with Crippen LogP contribution in [0.2, 0.25) is 0 Å². The average molecular weight is 175 g/mol. The van der Waals surface area contributed by atoms with Crippen molar-refractivity contribution < 1.29 is 5.11 Å². The Kier molecular flexibility index (Phi) is 2.02. The fraction of sp³-hybridized carbons (Fsp3) is 0.300. The Bertz CT molecular complexity index is 420. The molecule has 0 saturated heterocycles. The molecule has 0 bridgehead atoms. The lowest BCUT2D eigenvalue weighted by Gasteiger charge is -2.00. The van der Waals surface area contributed by atoms with Gasteiger partial charge in [-0.2, -0.15) is 0 Å². The van der Waals surface area contributed by atoms with E-state index in [1.54, 1.807) is 6.33 Å². The molecule has 67 valence electrons. The topological polar surface area (TPSA) is 37.7 Å². The predicted molar refractivity (Wildman–Crippen MR) is 50.0 cm³/mol. The van der Waals surface area contributed by atoms with Crippen LogP contribution in [0.4, 0.5) is 0 Å². The molecule has 13 heavy (non-hydrogen) atoms. The summed E-state index contributed by atoms with van der Waals surface area (Å²) in [5, 5.41) is 10.5. The zero-order valence-electron chi connectivity index (χ0n) is 7.53. The minimum Gasteiger partial charge on any atom is -0.328 e. The number of hydrogen-bond acceptors (Lipinski definition) is 1. The summed E-state index contributed by atoms with van der Waals surface area (Å²) in [6.07, 6.45) is 1.72. The molecular formula is C10H11N2O. The van der Waals surface area contributed by atoms with E-state index in [4.69, 9.17) is 0 Å². The first-order valence-corrected chi connectivity index (χ1v) is 4.31. The maximum atomic E-state index is 10.5. The van der Waals surface area contributed by atoms with Gasteiger partial charge in [-0.3, -0.25) is 0 Å². The summed E-state index contributed by atoms with van der Waals surface area (Å²) in [7, 11) is 0. The van der Waals surface area contributed by atoms with Gasteiger partial charge < -0.3 is 4.57 Å². The molecule has 0 unspecified atom stereocenters. The summed E-state index contributed by atoms with van der Waals surface area (Å²) >= 11 is 0. The van der Waals surface area contributed by atoms with Crippen LogP contribution >= 0.6 is 0 Å². The smallest absolute Gasteiger partial charge is 0.100 e. The van der Waals surface area contributed by atoms with Gasteiger partial charge in [-0.25, -0.2) is 10.1 Å². The van der Waals surface area contributed by atoms with Gasteiger partial charge in [0.05, 0.1) is 23.9 Å². The lowest BCUT2D eigenvalue weighted by atomic mass is 10.2. The molecule has 1 aromatic heterocycles. The van der Waals surface area contributed by atoms with E-state index in [1.807, 2.05) is 23.6 Å². The van der Waals surface area contributed by atoms with Crippen molar-refractivity contribution in [3.05, 3.63) is 30.1 Å². The highest BCUT2D eigenvalue weighted by atomic mass is 16.3. The third-order valence-corrected chi connectivity index (χ3v) is 2.11. The second-order valence-corrected chi connectivity index (χ2v) is 3.13. The molecule has 0 N–H and O–H groups in total. The standard InChI is InChI=1S/C10H11N2O/c1-8-2-3-9-10(6-8)12(4-5-13)7-11-9/h2-3,6-7H,4-5H2,1H3. The molecule has 0 aliphatic carbocycles. The summed E-state index contributed by atoms with van der Waals surface area (Å²) in [5.41, 5.74) is 3.20. The van der Waals surface area contributed by atoms with E-state index in [9.17, 15) is 5.11 Å². The van der Waals surface area contributed by atoms with Crippen molar-refractivity contribution in [3.8, 4) is 0 Å². The minimum absolute atomic E-state index is 0.0978. The zero-order valence-corrected chi connectivity index (χ0v) is 7.53. The van der Waals surface area contributed by atoms with Crippen LogP contribution in [0.3, 0.4) is 0 Å². The SMILES string of the molecule is Cc1ccc2ncn(CC[O])c2c1. The minimum atomic E-state index is -0.0978. The van der Waals surface area contributed by atoms with Gasteiger partial charge in [0.15, 0.2) is 0 Å². The second kappa shape index (κ2) is 3.18. The van der Waals surface area contributed by atoms with Crippen LogP contribution in [-0.2, 0) is 11.7 Å². The predicted octanol–water partition coefficient (Wildman–Crippen LogP) is 1.78. The second-order valence-electron chi connectivity index (χ2n) is 3.13. The van der Waals surface area contributed by atoms with E-state index in [0.29, 0.717) is 6.54 Å². The molecule has 0 amide bonds. The fourth-order valence-corrected chi connectivity index (χ4v) is 1.44. The summed E-state index contributed by atoms with van der Waals surface area (Å²) in [6, 6.07) is 6.06. The van der Waals surface area contributed by atoms with Gasteiger partial charge in [0.25, 0.3) is 0 Å². The Balaban J connectivity index is 2.58. The van der Waals surface area contributed by atoms with Crippen LogP contribution in [-0.4, -0.2) is 16.2 Å². The number of benzene rings is 1. The maximum Gasteiger partial charge on any atom is 0.100 e. The Hall–Kier alpha value is -1.35. The number of fused-ring (bicyclic) bond motifs is 1. The lowest BCUT2D eigenvalue weighted by Crippen LogP contribution is -1.98. The molecule has 3 heteroatoms. The van der Waals surface area contributed by atoms with Crippen molar-refractivity contribution in [1.82, 2.24) is 9.55 Å². The normalized spacial score (nSPS) is 10.9. The highest BCUT2D eigenvalue weighted by Crippen LogP contribution is 2.13. The van der Waals surface area contributed by atoms with Crippen molar-refractivity contribution in [3.63, 3.8) is 0 Å². The third kappa shape index (κ3) is 1.42. The highest BCUT2D eigenvalue weighted by Gasteiger charge is 2.01. The largest absolute Gasteiger partial charge is 0.328 e. The number of aromatic nitrogens is 2. The van der Waals surface area contributed by atoms with Gasteiger partial charge in [0.2, 0.25) is 0 Å². The van der Waals surface area contributed by atoms with E-state index in [0.717, 1.165) is 11.0 Å². The van der Waals surface area contributed by atoms with Gasteiger partial charge in [-0.05, 0) is 24.6 Å². The van der Waals surface area contributed by atoms with E-state index in [-0.39, 0.29) is 6.61 Å². The molecule has 3 nitrogen and oxygen atoms in total. The highest BCUT2D eigenvalue weighted by molar-refractivity contribution is 5.75. The molecule has 1 heterocycles. The summed E-state index contributed by atoms with van der Waals surface area (Å²) < 4.78 is 1.90. The first kappa shape index (κ1) is 8.26. The quantitative estimate of drug-likeness (QED) is 0.685. The van der Waals surface area contributed by atoms with Gasteiger partial charge in [0, 0.05) is 0 Å². The number of imidazole rings is 1. The van der Waals surface area contributed by atoms with Gasteiger partial charge in [-0.1, -0.05) is 6.07 Å². The Morgan fingerprint density at radius 2 is 2.31 bits per heavy atom. The number of hydrogen-bond donors (Lipinski definition) is 0. The van der Waals surface area contributed by atoms with Crippen molar-refractivity contribution in [1.29, 1.82) is 0 Å². The molecule has 0 spiro atoms. The van der Waals surface area contributed by atoms with Crippen molar-refractivity contribution in [2.45, 2.75) is 13.5 Å². The average Bonchev–Trinajstić information content (AvgIpc) is 2.49. The van der Waals surface area contributed by atoms with Crippen molar-refractivity contribution >= 4 is 11.0 Å². The van der Waals surface area contributed by atoms with Crippen molar-refractivity contribution in [2.75, 3.05) is 6.61 Å². The molecular weight excluding hydrogens is 164 g/mol. The van der Waals surface area contributed by atoms with Crippen LogP contribution in [0.15, 0.2) is 24.5 Å². The van der Waals surface area contributed by atoms with Gasteiger partial charge in [-0.15, -0.1) is 0 Å². The lowest BCUT2D eigenvalue weighted by molar-refractivity contribution is 0.182. The molecule has 1 radical (unpaired) electrons. The van der Waals surface area contributed by atoms with Crippen LogP contribution in [0.1, 0.15) is 5.56 Å². The third-order valence-electron chi connectivity index (χ3n) is 2.11. The van der Waals surface area contributed by atoms with E-state index < -0.39 is 0 Å². The summed E-state index contributed by atoms with van der Waals surface area (Å²) in [5.74, 6) is 0. The van der Waals surface area contributed by atoms with Crippen LogP contribution < -0.4 is 0 Å². The summed E-state index contributed by atoms with van der Waals surface area (Å²) in [6.45, 7) is 2.44. The number of nitrogens with zero attached hydrogens (tertiary/aromatic N) is 2. The monoisotopic (exact) mass is 175 g/mol. The molecule has 0 fully saturated rings. The van der Waals surface area contributed by atoms with Crippen molar-refractivity contribution in [2.24, 2.45) is 0 Å². The first-order valence-electron chi connectivity index (χ1n) is 4.31. The Morgan fingerprint density at radius 3 is 3.08 bits per heavy atom. The summed E-state index contributed by atoms with van der Waals surface area (Å²) in [4.78, 5) is 4.20. The Morgan fingerprint density at radius 1 is 1.46 bits per heavy atom. The van der Waals surface area contributed by atoms with E-state index in [1.165, 1.54) is 5.56 Å².